The standard InChI is InChI=1S/C18H17FN2O3/c19-14-7-3-4-8-15(14)20-18(24)21-10-9-12-5-1-2-6-13(12)16(21)11-17(22)23/h1-8,16H,9-11H2,(H,20,24)(H,22,23)/t16-/m1/s1. The number of amides is 2. The smallest absolute Gasteiger partial charge is 0.322 e. The third kappa shape index (κ3) is 3.22. The van der Waals surface area contributed by atoms with Crippen molar-refractivity contribution in [1.82, 2.24) is 4.90 Å². The first-order valence-electron chi connectivity index (χ1n) is 7.68. The lowest BCUT2D eigenvalue weighted by Crippen LogP contribution is -2.43. The first-order chi connectivity index (χ1) is 11.6. The van der Waals surface area contributed by atoms with Gasteiger partial charge in [0.25, 0.3) is 0 Å². The van der Waals surface area contributed by atoms with E-state index in [0.29, 0.717) is 13.0 Å². The predicted molar refractivity (Wildman–Crippen MR) is 87.3 cm³/mol. The Bertz CT molecular complexity index is 778. The molecule has 0 fully saturated rings. The molecule has 1 heterocycles. The zero-order chi connectivity index (χ0) is 17.1. The van der Waals surface area contributed by atoms with E-state index in [4.69, 9.17) is 0 Å². The first-order valence-corrected chi connectivity index (χ1v) is 7.68. The Kier molecular flexibility index (Phi) is 4.46. The lowest BCUT2D eigenvalue weighted by Gasteiger charge is -2.36. The van der Waals surface area contributed by atoms with Crippen LogP contribution in [0.4, 0.5) is 14.9 Å². The van der Waals surface area contributed by atoms with Gasteiger partial charge in [0.2, 0.25) is 0 Å². The Hall–Kier alpha value is -2.89. The summed E-state index contributed by atoms with van der Waals surface area (Å²) >= 11 is 0. The topological polar surface area (TPSA) is 69.6 Å². The van der Waals surface area contributed by atoms with E-state index in [-0.39, 0.29) is 12.1 Å². The van der Waals surface area contributed by atoms with Gasteiger partial charge in [-0.25, -0.2) is 9.18 Å². The molecular formula is C18H17FN2O3. The fraction of sp³-hybridized carbons (Fsp3) is 0.222. The number of fused-ring (bicyclic) bond motifs is 1. The van der Waals surface area contributed by atoms with Crippen LogP contribution >= 0.6 is 0 Å². The molecule has 6 heteroatoms. The second-order valence-electron chi connectivity index (χ2n) is 5.67. The van der Waals surface area contributed by atoms with E-state index in [1.165, 1.54) is 23.1 Å². The van der Waals surface area contributed by atoms with Crippen LogP contribution in [0, 0.1) is 5.82 Å². The summed E-state index contributed by atoms with van der Waals surface area (Å²) in [4.78, 5) is 25.3. The molecule has 3 rings (SSSR count). The van der Waals surface area contributed by atoms with Gasteiger partial charge in [0.05, 0.1) is 18.2 Å². The monoisotopic (exact) mass is 328 g/mol. The van der Waals surface area contributed by atoms with E-state index in [0.717, 1.165) is 11.1 Å². The summed E-state index contributed by atoms with van der Waals surface area (Å²) in [5.74, 6) is -1.52. The Morgan fingerprint density at radius 2 is 1.88 bits per heavy atom. The number of rotatable bonds is 3. The summed E-state index contributed by atoms with van der Waals surface area (Å²) in [6, 6.07) is 12.3. The maximum absolute atomic E-state index is 13.7. The third-order valence-electron chi connectivity index (χ3n) is 4.16. The molecule has 0 aromatic heterocycles. The quantitative estimate of drug-likeness (QED) is 0.907. The van der Waals surface area contributed by atoms with E-state index < -0.39 is 23.9 Å². The van der Waals surface area contributed by atoms with Crippen LogP contribution in [0.3, 0.4) is 0 Å². The van der Waals surface area contributed by atoms with Crippen LogP contribution in [0.15, 0.2) is 48.5 Å². The average Bonchev–Trinajstić information content (AvgIpc) is 2.56. The number of benzene rings is 2. The fourth-order valence-corrected chi connectivity index (χ4v) is 3.03. The number of nitrogens with one attached hydrogen (secondary N) is 1. The summed E-state index contributed by atoms with van der Waals surface area (Å²) in [6.45, 7) is 0.384. The third-order valence-corrected chi connectivity index (χ3v) is 4.16. The van der Waals surface area contributed by atoms with E-state index >= 15 is 0 Å². The number of para-hydroxylation sites is 1. The molecule has 2 amide bonds. The minimum atomic E-state index is -0.986. The van der Waals surface area contributed by atoms with E-state index in [1.807, 2.05) is 24.3 Å². The van der Waals surface area contributed by atoms with Crippen LogP contribution in [0.2, 0.25) is 0 Å². The number of carbonyl (C=O) groups is 2. The van der Waals surface area contributed by atoms with Crippen LogP contribution in [0.5, 0.6) is 0 Å². The van der Waals surface area contributed by atoms with Gasteiger partial charge in [0.1, 0.15) is 5.82 Å². The van der Waals surface area contributed by atoms with Gasteiger partial charge in [-0.2, -0.15) is 0 Å². The second-order valence-corrected chi connectivity index (χ2v) is 5.67. The van der Waals surface area contributed by atoms with Crippen LogP contribution in [0.1, 0.15) is 23.6 Å². The second kappa shape index (κ2) is 6.70. The van der Waals surface area contributed by atoms with Crippen molar-refractivity contribution in [1.29, 1.82) is 0 Å². The molecule has 0 radical (unpaired) electrons. The largest absolute Gasteiger partial charge is 0.481 e. The molecule has 0 saturated carbocycles. The molecule has 0 saturated heterocycles. The van der Waals surface area contributed by atoms with Gasteiger partial charge >= 0.3 is 12.0 Å². The van der Waals surface area contributed by atoms with Gasteiger partial charge < -0.3 is 15.3 Å². The van der Waals surface area contributed by atoms with E-state index in [1.54, 1.807) is 6.07 Å². The molecule has 2 N–H and O–H groups in total. The van der Waals surface area contributed by atoms with Crippen molar-refractivity contribution in [2.24, 2.45) is 0 Å². The minimum absolute atomic E-state index is 0.0791. The van der Waals surface area contributed by atoms with Gasteiger partial charge in [0.15, 0.2) is 0 Å². The Morgan fingerprint density at radius 3 is 2.62 bits per heavy atom. The number of carboxylic acids is 1. The molecule has 2 aromatic rings. The van der Waals surface area contributed by atoms with Crippen LogP contribution < -0.4 is 5.32 Å². The number of anilines is 1. The molecular weight excluding hydrogens is 311 g/mol. The summed E-state index contributed by atoms with van der Waals surface area (Å²) in [5, 5.41) is 11.7. The first kappa shape index (κ1) is 16.0. The Balaban J connectivity index is 1.87. The summed E-state index contributed by atoms with van der Waals surface area (Å²) < 4.78 is 13.7. The molecule has 1 aliphatic heterocycles. The molecule has 1 aliphatic rings. The number of carbonyl (C=O) groups excluding carboxylic acids is 1. The highest BCUT2D eigenvalue weighted by Crippen LogP contribution is 2.32. The predicted octanol–water partition coefficient (Wildman–Crippen LogP) is 3.43. The normalized spacial score (nSPS) is 16.4. The highest BCUT2D eigenvalue weighted by Gasteiger charge is 2.32. The molecule has 1 atom stereocenters. The molecule has 5 nitrogen and oxygen atoms in total. The van der Waals surface area contributed by atoms with Gasteiger partial charge in [-0.15, -0.1) is 0 Å². The molecule has 24 heavy (non-hydrogen) atoms. The number of nitrogens with zero attached hydrogens (tertiary/aromatic N) is 1. The summed E-state index contributed by atoms with van der Waals surface area (Å²) in [5.41, 5.74) is 1.95. The van der Waals surface area contributed by atoms with Crippen LogP contribution in [-0.2, 0) is 11.2 Å². The Morgan fingerprint density at radius 1 is 1.17 bits per heavy atom. The number of urea groups is 1. The van der Waals surface area contributed by atoms with Gasteiger partial charge in [-0.1, -0.05) is 36.4 Å². The highest BCUT2D eigenvalue weighted by atomic mass is 19.1. The summed E-state index contributed by atoms with van der Waals surface area (Å²) in [7, 11) is 0. The zero-order valence-corrected chi connectivity index (χ0v) is 12.9. The van der Waals surface area contributed by atoms with Crippen molar-refractivity contribution in [2.45, 2.75) is 18.9 Å². The molecule has 0 unspecified atom stereocenters. The van der Waals surface area contributed by atoms with Crippen molar-refractivity contribution < 1.29 is 19.1 Å². The van der Waals surface area contributed by atoms with Crippen molar-refractivity contribution in [3.63, 3.8) is 0 Å². The lowest BCUT2D eigenvalue weighted by molar-refractivity contribution is -0.138. The maximum Gasteiger partial charge on any atom is 0.322 e. The zero-order valence-electron chi connectivity index (χ0n) is 12.9. The number of hydrogen-bond acceptors (Lipinski definition) is 2. The molecule has 124 valence electrons. The van der Waals surface area contributed by atoms with Crippen molar-refractivity contribution >= 4 is 17.7 Å². The van der Waals surface area contributed by atoms with Crippen molar-refractivity contribution in [2.75, 3.05) is 11.9 Å². The number of halogens is 1. The Labute approximate surface area is 138 Å². The highest BCUT2D eigenvalue weighted by molar-refractivity contribution is 5.90. The number of aliphatic carboxylic acids is 1. The van der Waals surface area contributed by atoms with E-state index in [2.05, 4.69) is 5.32 Å². The minimum Gasteiger partial charge on any atom is -0.481 e. The summed E-state index contributed by atoms with van der Waals surface area (Å²) in [6.07, 6.45) is 0.443. The average molecular weight is 328 g/mol. The SMILES string of the molecule is O=C(O)C[C@@H]1c2ccccc2CCN1C(=O)Nc1ccccc1F. The van der Waals surface area contributed by atoms with Crippen molar-refractivity contribution in [3.05, 3.63) is 65.5 Å². The van der Waals surface area contributed by atoms with E-state index in [9.17, 15) is 19.1 Å². The van der Waals surface area contributed by atoms with Gasteiger partial charge in [-0.3, -0.25) is 4.79 Å². The molecule has 0 spiro atoms. The van der Waals surface area contributed by atoms with Gasteiger partial charge in [0, 0.05) is 6.54 Å². The number of hydrogen-bond donors (Lipinski definition) is 2. The van der Waals surface area contributed by atoms with Crippen LogP contribution in [0.25, 0.3) is 0 Å². The van der Waals surface area contributed by atoms with Crippen molar-refractivity contribution in [3.8, 4) is 0 Å². The molecule has 2 aromatic carbocycles. The molecule has 0 bridgehead atoms. The maximum atomic E-state index is 13.7. The lowest BCUT2D eigenvalue weighted by atomic mass is 9.91. The van der Waals surface area contributed by atoms with Gasteiger partial charge in [-0.05, 0) is 29.7 Å². The van der Waals surface area contributed by atoms with Crippen LogP contribution in [-0.4, -0.2) is 28.6 Å². The fourth-order valence-electron chi connectivity index (χ4n) is 3.03. The number of carboxylic acid groups (broad SMARTS) is 1. The molecule has 0 aliphatic carbocycles.